The molecule has 15 heavy (non-hydrogen) atoms. The molecule has 2 aliphatic rings. The molecule has 2 fully saturated rings. The van der Waals surface area contributed by atoms with Gasteiger partial charge >= 0.3 is 5.97 Å². The second-order valence-electron chi connectivity index (χ2n) is 4.99. The number of carboxylic acid groups (broad SMARTS) is 1. The van der Waals surface area contributed by atoms with E-state index >= 15 is 0 Å². The van der Waals surface area contributed by atoms with Crippen molar-refractivity contribution in [3.05, 3.63) is 0 Å². The third kappa shape index (κ3) is 1.78. The van der Waals surface area contributed by atoms with Crippen LogP contribution in [0, 0.1) is 0 Å². The topological polar surface area (TPSA) is 40.5 Å². The monoisotopic (exact) mass is 211 g/mol. The first kappa shape index (κ1) is 10.9. The molecule has 1 N–H and O–H groups in total. The summed E-state index contributed by atoms with van der Waals surface area (Å²) >= 11 is 0. The van der Waals surface area contributed by atoms with Crippen LogP contribution in [0.4, 0.5) is 0 Å². The fourth-order valence-electron chi connectivity index (χ4n) is 3.54. The SMILES string of the molecule is CCC(C(=O)O)N1CCCC12CCCC2. The summed E-state index contributed by atoms with van der Waals surface area (Å²) in [6, 6.07) is -0.245. The zero-order valence-electron chi connectivity index (χ0n) is 9.54. The van der Waals surface area contributed by atoms with Crippen LogP contribution in [0.25, 0.3) is 0 Å². The van der Waals surface area contributed by atoms with Crippen LogP contribution in [0.2, 0.25) is 0 Å². The van der Waals surface area contributed by atoms with Gasteiger partial charge in [0.1, 0.15) is 6.04 Å². The lowest BCUT2D eigenvalue weighted by molar-refractivity contribution is -0.145. The quantitative estimate of drug-likeness (QED) is 0.778. The highest BCUT2D eigenvalue weighted by molar-refractivity contribution is 5.73. The maximum atomic E-state index is 11.2. The van der Waals surface area contributed by atoms with Gasteiger partial charge in [-0.3, -0.25) is 9.69 Å². The van der Waals surface area contributed by atoms with Crippen LogP contribution in [0.5, 0.6) is 0 Å². The van der Waals surface area contributed by atoms with Gasteiger partial charge in [0.05, 0.1) is 0 Å². The summed E-state index contributed by atoms with van der Waals surface area (Å²) < 4.78 is 0. The fourth-order valence-corrected chi connectivity index (χ4v) is 3.54. The van der Waals surface area contributed by atoms with Crippen molar-refractivity contribution in [3.63, 3.8) is 0 Å². The van der Waals surface area contributed by atoms with E-state index in [1.165, 1.54) is 38.5 Å². The van der Waals surface area contributed by atoms with E-state index in [-0.39, 0.29) is 11.6 Å². The lowest BCUT2D eigenvalue weighted by Crippen LogP contribution is -2.50. The highest BCUT2D eigenvalue weighted by Crippen LogP contribution is 2.44. The Balaban J connectivity index is 2.16. The largest absolute Gasteiger partial charge is 0.480 e. The van der Waals surface area contributed by atoms with Gasteiger partial charge in [0.15, 0.2) is 0 Å². The molecule has 1 heterocycles. The molecular weight excluding hydrogens is 190 g/mol. The van der Waals surface area contributed by atoms with E-state index in [0.29, 0.717) is 0 Å². The molecule has 0 aromatic rings. The van der Waals surface area contributed by atoms with Gasteiger partial charge in [-0.15, -0.1) is 0 Å². The second kappa shape index (κ2) is 4.12. The van der Waals surface area contributed by atoms with Crippen molar-refractivity contribution >= 4 is 5.97 Å². The van der Waals surface area contributed by atoms with Gasteiger partial charge in [-0.2, -0.15) is 0 Å². The first-order valence-electron chi connectivity index (χ1n) is 6.19. The molecule has 0 aromatic carbocycles. The molecular formula is C12H21NO2. The third-order valence-corrected chi connectivity index (χ3v) is 4.23. The molecule has 1 aliphatic carbocycles. The average molecular weight is 211 g/mol. The number of hydrogen-bond acceptors (Lipinski definition) is 2. The Hall–Kier alpha value is -0.570. The van der Waals surface area contributed by atoms with E-state index in [1.807, 2.05) is 6.92 Å². The van der Waals surface area contributed by atoms with Gasteiger partial charge in [-0.05, 0) is 38.6 Å². The fraction of sp³-hybridized carbons (Fsp3) is 0.917. The number of hydrogen-bond donors (Lipinski definition) is 1. The molecule has 1 spiro atoms. The summed E-state index contributed by atoms with van der Waals surface area (Å²) in [5, 5.41) is 9.24. The molecule has 1 aliphatic heterocycles. The van der Waals surface area contributed by atoms with Crippen molar-refractivity contribution in [2.45, 2.75) is 63.5 Å². The van der Waals surface area contributed by atoms with Crippen LogP contribution in [0.1, 0.15) is 51.9 Å². The van der Waals surface area contributed by atoms with Crippen LogP contribution in [-0.4, -0.2) is 34.1 Å². The number of rotatable bonds is 3. The highest BCUT2D eigenvalue weighted by atomic mass is 16.4. The second-order valence-corrected chi connectivity index (χ2v) is 4.99. The number of carbonyl (C=O) groups is 1. The number of nitrogens with zero attached hydrogens (tertiary/aromatic N) is 1. The predicted molar refractivity (Wildman–Crippen MR) is 58.9 cm³/mol. The summed E-state index contributed by atoms with van der Waals surface area (Å²) in [6.07, 6.45) is 8.14. The zero-order chi connectivity index (χ0) is 10.9. The summed E-state index contributed by atoms with van der Waals surface area (Å²) in [7, 11) is 0. The molecule has 1 saturated heterocycles. The van der Waals surface area contributed by atoms with E-state index in [1.54, 1.807) is 0 Å². The van der Waals surface area contributed by atoms with Gasteiger partial charge in [-0.1, -0.05) is 19.8 Å². The molecule has 0 bridgehead atoms. The van der Waals surface area contributed by atoms with Gasteiger partial charge < -0.3 is 5.11 Å². The number of likely N-dealkylation sites (tertiary alicyclic amines) is 1. The van der Waals surface area contributed by atoms with Crippen molar-refractivity contribution in [1.29, 1.82) is 0 Å². The summed E-state index contributed by atoms with van der Waals surface area (Å²) in [4.78, 5) is 13.5. The van der Waals surface area contributed by atoms with E-state index in [9.17, 15) is 9.90 Å². The molecule has 0 aromatic heterocycles. The average Bonchev–Trinajstić information content (AvgIpc) is 2.80. The first-order valence-corrected chi connectivity index (χ1v) is 6.19. The maximum Gasteiger partial charge on any atom is 0.320 e. The molecule has 1 saturated carbocycles. The Morgan fingerprint density at radius 3 is 2.47 bits per heavy atom. The number of carboxylic acids is 1. The lowest BCUT2D eigenvalue weighted by atomic mass is 9.92. The minimum absolute atomic E-state index is 0.245. The standard InChI is InChI=1S/C12H21NO2/c1-2-10(11(14)15)13-9-5-8-12(13)6-3-4-7-12/h10H,2-9H2,1H3,(H,14,15). The normalized spacial score (nSPS) is 27.3. The molecule has 1 atom stereocenters. The maximum absolute atomic E-state index is 11.2. The first-order chi connectivity index (χ1) is 7.19. The van der Waals surface area contributed by atoms with Crippen molar-refractivity contribution < 1.29 is 9.90 Å². The third-order valence-electron chi connectivity index (χ3n) is 4.23. The Bertz CT molecular complexity index is 240. The Morgan fingerprint density at radius 1 is 1.33 bits per heavy atom. The van der Waals surface area contributed by atoms with Crippen LogP contribution < -0.4 is 0 Å². The lowest BCUT2D eigenvalue weighted by Gasteiger charge is -2.38. The molecule has 0 amide bonds. The van der Waals surface area contributed by atoms with Gasteiger partial charge in [0, 0.05) is 5.54 Å². The summed E-state index contributed by atoms with van der Waals surface area (Å²) in [5.74, 6) is -0.634. The molecule has 1 unspecified atom stereocenters. The smallest absolute Gasteiger partial charge is 0.320 e. The highest BCUT2D eigenvalue weighted by Gasteiger charge is 2.46. The predicted octanol–water partition coefficient (Wildman–Crippen LogP) is 2.26. The Labute approximate surface area is 91.5 Å². The van der Waals surface area contributed by atoms with E-state index in [2.05, 4.69) is 4.90 Å². The number of aliphatic carboxylic acids is 1. The minimum atomic E-state index is -0.634. The van der Waals surface area contributed by atoms with Gasteiger partial charge in [0.2, 0.25) is 0 Å². The molecule has 3 nitrogen and oxygen atoms in total. The van der Waals surface area contributed by atoms with Crippen molar-refractivity contribution in [2.75, 3.05) is 6.54 Å². The van der Waals surface area contributed by atoms with Crippen LogP contribution >= 0.6 is 0 Å². The molecule has 3 heteroatoms. The molecule has 2 rings (SSSR count). The minimum Gasteiger partial charge on any atom is -0.480 e. The van der Waals surface area contributed by atoms with Gasteiger partial charge in [-0.25, -0.2) is 0 Å². The summed E-state index contributed by atoms with van der Waals surface area (Å²) in [5.41, 5.74) is 0.263. The van der Waals surface area contributed by atoms with Crippen molar-refractivity contribution in [3.8, 4) is 0 Å². The van der Waals surface area contributed by atoms with E-state index in [0.717, 1.165) is 13.0 Å². The van der Waals surface area contributed by atoms with Crippen molar-refractivity contribution in [1.82, 2.24) is 4.90 Å². The van der Waals surface area contributed by atoms with E-state index < -0.39 is 5.97 Å². The zero-order valence-corrected chi connectivity index (χ0v) is 9.54. The van der Waals surface area contributed by atoms with Crippen LogP contribution in [0.15, 0.2) is 0 Å². The van der Waals surface area contributed by atoms with E-state index in [4.69, 9.17) is 0 Å². The molecule has 86 valence electrons. The van der Waals surface area contributed by atoms with Crippen LogP contribution in [-0.2, 0) is 4.79 Å². The molecule has 0 radical (unpaired) electrons. The van der Waals surface area contributed by atoms with Crippen LogP contribution in [0.3, 0.4) is 0 Å². The van der Waals surface area contributed by atoms with Crippen molar-refractivity contribution in [2.24, 2.45) is 0 Å². The Morgan fingerprint density at radius 2 is 1.93 bits per heavy atom. The van der Waals surface area contributed by atoms with Gasteiger partial charge in [0.25, 0.3) is 0 Å². The Kier molecular flexibility index (Phi) is 3.01. The summed E-state index contributed by atoms with van der Waals surface area (Å²) in [6.45, 7) is 2.98.